The zero-order chi connectivity index (χ0) is 15.5. The minimum atomic E-state index is 0.0799. The van der Waals surface area contributed by atoms with Crippen LogP contribution in [0.15, 0.2) is 22.7 Å². The molecule has 21 heavy (non-hydrogen) atoms. The summed E-state index contributed by atoms with van der Waals surface area (Å²) in [5.74, 6) is 0.928. The fourth-order valence-corrected chi connectivity index (χ4v) is 3.14. The molecule has 1 unspecified atom stereocenters. The third kappa shape index (κ3) is 4.20. The molecule has 0 saturated carbocycles. The van der Waals surface area contributed by atoms with Crippen molar-refractivity contribution in [3.8, 4) is 5.75 Å². The van der Waals surface area contributed by atoms with Gasteiger partial charge in [0.1, 0.15) is 5.75 Å². The molecule has 0 aliphatic carbocycles. The van der Waals surface area contributed by atoms with Crippen molar-refractivity contribution in [2.24, 2.45) is 11.1 Å². The van der Waals surface area contributed by atoms with Crippen molar-refractivity contribution >= 4 is 21.8 Å². The topological polar surface area (TPSA) is 55.6 Å². The number of likely N-dealkylation sites (tertiary alicyclic amines) is 1. The molecule has 0 spiro atoms. The Bertz CT molecular complexity index is 521. The molecule has 1 fully saturated rings. The number of ether oxygens (including phenoxy) is 1. The van der Waals surface area contributed by atoms with Gasteiger partial charge in [-0.3, -0.25) is 4.79 Å². The van der Waals surface area contributed by atoms with Crippen molar-refractivity contribution in [1.29, 1.82) is 0 Å². The number of amides is 1. The summed E-state index contributed by atoms with van der Waals surface area (Å²) < 4.78 is 6.60. The lowest BCUT2D eigenvalue weighted by Gasteiger charge is -2.22. The molecule has 1 heterocycles. The minimum absolute atomic E-state index is 0.0799. The highest BCUT2D eigenvalue weighted by Gasteiger charge is 2.34. The first-order valence-corrected chi connectivity index (χ1v) is 8.10. The number of aryl methyl sites for hydroxylation is 1. The van der Waals surface area contributed by atoms with Gasteiger partial charge in [0.2, 0.25) is 5.91 Å². The molecule has 1 aliphatic rings. The van der Waals surface area contributed by atoms with E-state index >= 15 is 0 Å². The predicted octanol–water partition coefficient (Wildman–Crippen LogP) is 2.72. The molecule has 1 atom stereocenters. The van der Waals surface area contributed by atoms with Crippen LogP contribution in [0.1, 0.15) is 25.3 Å². The Morgan fingerprint density at radius 2 is 2.29 bits per heavy atom. The number of nitrogens with two attached hydrogens (primary N) is 1. The summed E-state index contributed by atoms with van der Waals surface area (Å²) in [6.07, 6.45) is 1.39. The number of carbonyl (C=O) groups is 1. The van der Waals surface area contributed by atoms with E-state index in [1.807, 2.05) is 30.0 Å². The molecule has 1 saturated heterocycles. The van der Waals surface area contributed by atoms with Gasteiger partial charge >= 0.3 is 0 Å². The van der Waals surface area contributed by atoms with Crippen LogP contribution in [0, 0.1) is 12.3 Å². The molecule has 0 aromatic heterocycles. The van der Waals surface area contributed by atoms with Crippen LogP contribution < -0.4 is 10.5 Å². The maximum Gasteiger partial charge on any atom is 0.226 e. The van der Waals surface area contributed by atoms with Gasteiger partial charge in [-0.1, -0.05) is 13.0 Å². The largest absolute Gasteiger partial charge is 0.492 e. The maximum absolute atomic E-state index is 12.2. The van der Waals surface area contributed by atoms with Gasteiger partial charge in [-0.15, -0.1) is 0 Å². The van der Waals surface area contributed by atoms with Crippen LogP contribution in [0.3, 0.4) is 0 Å². The highest BCUT2D eigenvalue weighted by atomic mass is 79.9. The van der Waals surface area contributed by atoms with Gasteiger partial charge in [0.25, 0.3) is 0 Å². The number of hydrogen-bond acceptors (Lipinski definition) is 3. The third-order valence-corrected chi connectivity index (χ3v) is 4.68. The molecule has 0 radical (unpaired) electrons. The predicted molar refractivity (Wildman–Crippen MR) is 87.3 cm³/mol. The summed E-state index contributed by atoms with van der Waals surface area (Å²) in [7, 11) is 0. The average Bonchev–Trinajstić information content (AvgIpc) is 2.85. The van der Waals surface area contributed by atoms with Crippen LogP contribution in [0.5, 0.6) is 5.75 Å². The number of carbonyl (C=O) groups excluding carboxylic acids is 1. The first kappa shape index (κ1) is 16.3. The Labute approximate surface area is 134 Å². The van der Waals surface area contributed by atoms with Gasteiger partial charge in [-0.05, 0) is 58.9 Å². The van der Waals surface area contributed by atoms with Crippen molar-refractivity contribution in [3.05, 3.63) is 28.2 Å². The van der Waals surface area contributed by atoms with Crippen molar-refractivity contribution < 1.29 is 9.53 Å². The Morgan fingerprint density at radius 1 is 1.52 bits per heavy atom. The second kappa shape index (κ2) is 6.79. The number of rotatable bonds is 5. The van der Waals surface area contributed by atoms with E-state index in [0.717, 1.165) is 29.7 Å². The molecule has 0 bridgehead atoms. The van der Waals surface area contributed by atoms with Gasteiger partial charge in [0, 0.05) is 13.1 Å². The van der Waals surface area contributed by atoms with E-state index in [1.54, 1.807) is 0 Å². The van der Waals surface area contributed by atoms with Gasteiger partial charge in [-0.25, -0.2) is 0 Å². The molecule has 1 aliphatic heterocycles. The number of hydrogen-bond donors (Lipinski definition) is 1. The van der Waals surface area contributed by atoms with E-state index in [0.29, 0.717) is 19.6 Å². The molecule has 1 amide bonds. The van der Waals surface area contributed by atoms with E-state index in [9.17, 15) is 4.79 Å². The summed E-state index contributed by atoms with van der Waals surface area (Å²) in [4.78, 5) is 14.1. The fourth-order valence-electron chi connectivity index (χ4n) is 2.53. The van der Waals surface area contributed by atoms with Crippen molar-refractivity contribution in [2.45, 2.75) is 26.7 Å². The summed E-state index contributed by atoms with van der Waals surface area (Å²) >= 11 is 3.47. The SMILES string of the molecule is Cc1ccc(OCCC(=O)N2CCC(C)(CN)C2)c(Br)c1. The van der Waals surface area contributed by atoms with E-state index in [1.165, 1.54) is 5.56 Å². The Morgan fingerprint density at radius 3 is 2.90 bits per heavy atom. The number of nitrogens with zero attached hydrogens (tertiary/aromatic N) is 1. The van der Waals surface area contributed by atoms with Crippen molar-refractivity contribution in [1.82, 2.24) is 4.90 Å². The monoisotopic (exact) mass is 354 g/mol. The molecule has 116 valence electrons. The van der Waals surface area contributed by atoms with Crippen LogP contribution >= 0.6 is 15.9 Å². The highest BCUT2D eigenvalue weighted by Crippen LogP contribution is 2.29. The fraction of sp³-hybridized carbons (Fsp3) is 0.562. The molecule has 4 nitrogen and oxygen atoms in total. The second-order valence-electron chi connectivity index (χ2n) is 6.11. The van der Waals surface area contributed by atoms with Gasteiger partial charge in [0.05, 0.1) is 17.5 Å². The number of benzene rings is 1. The van der Waals surface area contributed by atoms with Crippen LogP contribution in [0.25, 0.3) is 0 Å². The normalized spacial score (nSPS) is 21.6. The molecule has 1 aromatic carbocycles. The highest BCUT2D eigenvalue weighted by molar-refractivity contribution is 9.10. The lowest BCUT2D eigenvalue weighted by molar-refractivity contribution is -0.131. The molecule has 2 N–H and O–H groups in total. The third-order valence-electron chi connectivity index (χ3n) is 4.06. The lowest BCUT2D eigenvalue weighted by Crippen LogP contribution is -2.35. The smallest absolute Gasteiger partial charge is 0.226 e. The molecular weight excluding hydrogens is 332 g/mol. The molecule has 2 rings (SSSR count). The maximum atomic E-state index is 12.2. The van der Waals surface area contributed by atoms with E-state index < -0.39 is 0 Å². The average molecular weight is 355 g/mol. The lowest BCUT2D eigenvalue weighted by atomic mass is 9.90. The first-order valence-electron chi connectivity index (χ1n) is 7.30. The zero-order valence-electron chi connectivity index (χ0n) is 12.7. The standard InChI is InChI=1S/C16H23BrN2O2/c1-12-3-4-14(13(17)9-12)21-8-5-15(20)19-7-6-16(2,10-18)11-19/h3-4,9H,5-8,10-11,18H2,1-2H3. The second-order valence-corrected chi connectivity index (χ2v) is 6.97. The van der Waals surface area contributed by atoms with E-state index in [-0.39, 0.29) is 11.3 Å². The number of halogens is 1. The molecule has 5 heteroatoms. The van der Waals surface area contributed by atoms with E-state index in [4.69, 9.17) is 10.5 Å². The Balaban J connectivity index is 1.80. The van der Waals surface area contributed by atoms with Gasteiger partial charge in [0.15, 0.2) is 0 Å². The van der Waals surface area contributed by atoms with Crippen molar-refractivity contribution in [3.63, 3.8) is 0 Å². The summed E-state index contributed by atoms with van der Waals surface area (Å²) in [6, 6.07) is 5.92. The van der Waals surface area contributed by atoms with Crippen LogP contribution in [-0.4, -0.2) is 37.0 Å². The Hall–Kier alpha value is -1.07. The van der Waals surface area contributed by atoms with Crippen LogP contribution in [0.2, 0.25) is 0 Å². The summed E-state index contributed by atoms with van der Waals surface area (Å²) in [5, 5.41) is 0. The zero-order valence-corrected chi connectivity index (χ0v) is 14.3. The van der Waals surface area contributed by atoms with Crippen molar-refractivity contribution in [2.75, 3.05) is 26.2 Å². The van der Waals surface area contributed by atoms with Gasteiger partial charge in [-0.2, -0.15) is 0 Å². The van der Waals surface area contributed by atoms with E-state index in [2.05, 4.69) is 22.9 Å². The quantitative estimate of drug-likeness (QED) is 0.884. The molecular formula is C16H23BrN2O2. The summed E-state index contributed by atoms with van der Waals surface area (Å²) in [6.45, 7) is 6.76. The van der Waals surface area contributed by atoms with Gasteiger partial charge < -0.3 is 15.4 Å². The summed E-state index contributed by atoms with van der Waals surface area (Å²) in [5.41, 5.74) is 7.02. The molecule has 1 aromatic rings. The van der Waals surface area contributed by atoms with Crippen LogP contribution in [0.4, 0.5) is 0 Å². The minimum Gasteiger partial charge on any atom is -0.492 e. The first-order chi connectivity index (χ1) is 9.93. The Kier molecular flexibility index (Phi) is 5.27. The van der Waals surface area contributed by atoms with Crippen LogP contribution in [-0.2, 0) is 4.79 Å².